The number of nitrogens with zero attached hydrogens (tertiary/aromatic N) is 1. The van der Waals surface area contributed by atoms with E-state index >= 15 is 0 Å². The van der Waals surface area contributed by atoms with Crippen LogP contribution in [0.25, 0.3) is 0 Å². The second-order valence-corrected chi connectivity index (χ2v) is 3.08. The van der Waals surface area contributed by atoms with E-state index in [1.54, 1.807) is 19.4 Å². The summed E-state index contributed by atoms with van der Waals surface area (Å²) in [6, 6.07) is 1.73. The van der Waals surface area contributed by atoms with Gasteiger partial charge in [0.1, 0.15) is 9.45 Å². The molecule has 4 heteroatoms. The molecule has 0 spiro atoms. The van der Waals surface area contributed by atoms with Crippen LogP contribution >= 0.6 is 34.2 Å². The molecule has 1 heterocycles. The van der Waals surface area contributed by atoms with E-state index in [-0.39, 0.29) is 0 Å². The Kier molecular flexibility index (Phi) is 2.73. The van der Waals surface area contributed by atoms with Gasteiger partial charge in [0, 0.05) is 6.07 Å². The number of pyridine rings is 1. The zero-order chi connectivity index (χ0) is 7.56. The van der Waals surface area contributed by atoms with E-state index < -0.39 is 0 Å². The highest BCUT2D eigenvalue weighted by atomic mass is 127. The third-order valence-electron chi connectivity index (χ3n) is 1.01. The van der Waals surface area contributed by atoms with Crippen LogP contribution in [0.3, 0.4) is 0 Å². The molecule has 0 unspecified atom stereocenters. The highest BCUT2D eigenvalue weighted by Gasteiger charge is 1.98. The SMILES string of the molecule is COc1cnc(I)c(Cl)c1. The van der Waals surface area contributed by atoms with Gasteiger partial charge in [-0.25, -0.2) is 4.98 Å². The average molecular weight is 269 g/mol. The highest BCUT2D eigenvalue weighted by molar-refractivity contribution is 14.1. The van der Waals surface area contributed by atoms with Gasteiger partial charge in [0.15, 0.2) is 0 Å². The molecule has 0 radical (unpaired) electrons. The van der Waals surface area contributed by atoms with Crippen molar-refractivity contribution in [3.8, 4) is 5.75 Å². The molecule has 10 heavy (non-hydrogen) atoms. The summed E-state index contributed by atoms with van der Waals surface area (Å²) in [5.74, 6) is 0.686. The van der Waals surface area contributed by atoms with Crippen LogP contribution in [0.1, 0.15) is 0 Å². The van der Waals surface area contributed by atoms with E-state index in [1.807, 2.05) is 0 Å². The van der Waals surface area contributed by atoms with Crippen molar-refractivity contribution in [1.29, 1.82) is 0 Å². The van der Waals surface area contributed by atoms with Gasteiger partial charge in [0.25, 0.3) is 0 Å². The minimum absolute atomic E-state index is 0.625. The molecular formula is C6H5ClINO. The zero-order valence-electron chi connectivity index (χ0n) is 5.27. The van der Waals surface area contributed by atoms with Crippen molar-refractivity contribution >= 4 is 34.2 Å². The molecule has 0 saturated heterocycles. The molecule has 1 rings (SSSR count). The number of methoxy groups -OCH3 is 1. The number of halogens is 2. The summed E-state index contributed by atoms with van der Waals surface area (Å²) >= 11 is 7.80. The Morgan fingerprint density at radius 2 is 2.40 bits per heavy atom. The van der Waals surface area contributed by atoms with E-state index in [1.165, 1.54) is 0 Å². The Balaban J connectivity index is 3.04. The molecule has 54 valence electrons. The van der Waals surface area contributed by atoms with Crippen LogP contribution in [0.2, 0.25) is 5.02 Å². The summed E-state index contributed by atoms with van der Waals surface area (Å²) in [5, 5.41) is 0.625. The van der Waals surface area contributed by atoms with Crippen LogP contribution in [0.4, 0.5) is 0 Å². The van der Waals surface area contributed by atoms with Crippen LogP contribution in [-0.4, -0.2) is 12.1 Å². The first-order valence-corrected chi connectivity index (χ1v) is 4.04. The largest absolute Gasteiger partial charge is 0.495 e. The van der Waals surface area contributed by atoms with Crippen LogP contribution in [-0.2, 0) is 0 Å². The maximum Gasteiger partial charge on any atom is 0.138 e. The Morgan fingerprint density at radius 1 is 1.70 bits per heavy atom. The summed E-state index contributed by atoms with van der Waals surface area (Å²) in [5.41, 5.74) is 0. The molecule has 0 N–H and O–H groups in total. The van der Waals surface area contributed by atoms with Crippen LogP contribution < -0.4 is 4.74 Å². The predicted octanol–water partition coefficient (Wildman–Crippen LogP) is 2.35. The van der Waals surface area contributed by atoms with Crippen LogP contribution in [0, 0.1) is 3.70 Å². The molecule has 0 aliphatic carbocycles. The van der Waals surface area contributed by atoms with Gasteiger partial charge >= 0.3 is 0 Å². The van der Waals surface area contributed by atoms with Gasteiger partial charge in [-0.05, 0) is 22.6 Å². The minimum atomic E-state index is 0.625. The lowest BCUT2D eigenvalue weighted by Crippen LogP contribution is -1.86. The molecule has 0 aliphatic heterocycles. The second kappa shape index (κ2) is 3.39. The predicted molar refractivity (Wildman–Crippen MR) is 48.5 cm³/mol. The maximum atomic E-state index is 5.74. The summed E-state index contributed by atoms with van der Waals surface area (Å²) < 4.78 is 5.69. The Labute approximate surface area is 77.7 Å². The number of hydrogen-bond acceptors (Lipinski definition) is 2. The van der Waals surface area contributed by atoms with Gasteiger partial charge < -0.3 is 4.74 Å². The molecule has 0 aliphatic rings. The van der Waals surface area contributed by atoms with Crippen molar-refractivity contribution < 1.29 is 4.74 Å². The first kappa shape index (κ1) is 8.07. The van der Waals surface area contributed by atoms with E-state index in [0.717, 1.165) is 3.70 Å². The Morgan fingerprint density at radius 3 is 2.90 bits per heavy atom. The van der Waals surface area contributed by atoms with Crippen molar-refractivity contribution in [1.82, 2.24) is 4.98 Å². The number of aromatic nitrogens is 1. The van der Waals surface area contributed by atoms with E-state index in [9.17, 15) is 0 Å². The molecule has 1 aromatic heterocycles. The summed E-state index contributed by atoms with van der Waals surface area (Å²) in [6.45, 7) is 0. The fourth-order valence-corrected chi connectivity index (χ4v) is 0.967. The van der Waals surface area contributed by atoms with Gasteiger partial charge in [0.2, 0.25) is 0 Å². The first-order chi connectivity index (χ1) is 4.74. The molecule has 0 atom stereocenters. The lowest BCUT2D eigenvalue weighted by Gasteiger charge is -1.98. The smallest absolute Gasteiger partial charge is 0.138 e. The lowest BCUT2D eigenvalue weighted by molar-refractivity contribution is 0.412. The molecule has 0 amide bonds. The van der Waals surface area contributed by atoms with Crippen molar-refractivity contribution in [2.24, 2.45) is 0 Å². The molecule has 0 fully saturated rings. The van der Waals surface area contributed by atoms with Gasteiger partial charge in [-0.3, -0.25) is 0 Å². The molecule has 0 aromatic carbocycles. The third kappa shape index (κ3) is 1.73. The lowest BCUT2D eigenvalue weighted by atomic mass is 10.5. The van der Waals surface area contributed by atoms with E-state index in [4.69, 9.17) is 16.3 Å². The van der Waals surface area contributed by atoms with Gasteiger partial charge in [-0.1, -0.05) is 11.6 Å². The van der Waals surface area contributed by atoms with Gasteiger partial charge in [0.05, 0.1) is 18.3 Å². The molecular weight excluding hydrogens is 264 g/mol. The van der Waals surface area contributed by atoms with Crippen molar-refractivity contribution in [3.63, 3.8) is 0 Å². The van der Waals surface area contributed by atoms with Crippen molar-refractivity contribution in [2.45, 2.75) is 0 Å². The molecule has 2 nitrogen and oxygen atoms in total. The minimum Gasteiger partial charge on any atom is -0.495 e. The third-order valence-corrected chi connectivity index (χ3v) is 2.47. The van der Waals surface area contributed by atoms with Crippen LogP contribution in [0.5, 0.6) is 5.75 Å². The van der Waals surface area contributed by atoms with Crippen molar-refractivity contribution in [3.05, 3.63) is 21.0 Å². The second-order valence-electron chi connectivity index (χ2n) is 1.65. The highest BCUT2D eigenvalue weighted by Crippen LogP contribution is 2.20. The monoisotopic (exact) mass is 269 g/mol. The molecule has 0 bridgehead atoms. The average Bonchev–Trinajstić information content (AvgIpc) is 1.95. The Bertz CT molecular complexity index is 241. The normalized spacial score (nSPS) is 9.50. The van der Waals surface area contributed by atoms with Crippen molar-refractivity contribution in [2.75, 3.05) is 7.11 Å². The number of ether oxygens (including phenoxy) is 1. The Hall–Kier alpha value is -0.0300. The van der Waals surface area contributed by atoms with Gasteiger partial charge in [-0.15, -0.1) is 0 Å². The number of hydrogen-bond donors (Lipinski definition) is 0. The summed E-state index contributed by atoms with van der Waals surface area (Å²) in [6.07, 6.45) is 1.63. The fraction of sp³-hybridized carbons (Fsp3) is 0.167. The number of rotatable bonds is 1. The fourth-order valence-electron chi connectivity index (χ4n) is 0.515. The maximum absolute atomic E-state index is 5.74. The standard InChI is InChI=1S/C6H5ClINO/c1-10-4-2-5(7)6(8)9-3-4/h2-3H,1H3. The van der Waals surface area contributed by atoms with E-state index in [0.29, 0.717) is 10.8 Å². The molecule has 0 saturated carbocycles. The van der Waals surface area contributed by atoms with Crippen LogP contribution in [0.15, 0.2) is 12.3 Å². The summed E-state index contributed by atoms with van der Waals surface area (Å²) in [4.78, 5) is 3.98. The quantitative estimate of drug-likeness (QED) is 0.577. The zero-order valence-corrected chi connectivity index (χ0v) is 8.18. The molecule has 1 aromatic rings. The van der Waals surface area contributed by atoms with Gasteiger partial charge in [-0.2, -0.15) is 0 Å². The topological polar surface area (TPSA) is 22.1 Å². The summed E-state index contributed by atoms with van der Waals surface area (Å²) in [7, 11) is 1.58. The first-order valence-electron chi connectivity index (χ1n) is 2.59. The van der Waals surface area contributed by atoms with E-state index in [2.05, 4.69) is 27.6 Å².